The van der Waals surface area contributed by atoms with Crippen LogP contribution < -0.4 is 0 Å². The van der Waals surface area contributed by atoms with Gasteiger partial charge in [0, 0.05) is 0 Å². The highest BCUT2D eigenvalue weighted by atomic mass is 16.7. The lowest BCUT2D eigenvalue weighted by Crippen LogP contribution is -2.30. The number of hydroxylamine groups is 2. The van der Waals surface area contributed by atoms with Crippen LogP contribution >= 0.6 is 0 Å². The van der Waals surface area contributed by atoms with E-state index < -0.39 is 5.97 Å². The van der Waals surface area contributed by atoms with Crippen molar-refractivity contribution in [1.82, 2.24) is 5.06 Å². The molecule has 0 bridgehead atoms. The highest BCUT2D eigenvalue weighted by Gasteiger charge is 2.38. The van der Waals surface area contributed by atoms with E-state index in [0.717, 1.165) is 12.8 Å². The zero-order valence-electron chi connectivity index (χ0n) is 8.52. The van der Waals surface area contributed by atoms with E-state index in [9.17, 15) is 9.59 Å². The van der Waals surface area contributed by atoms with Gasteiger partial charge >= 0.3 is 5.97 Å². The SMILES string of the molecule is O=C(O)CCN1OC(C2CCC2)CC1=O. The smallest absolute Gasteiger partial charge is 0.305 e. The highest BCUT2D eigenvalue weighted by molar-refractivity contribution is 5.77. The van der Waals surface area contributed by atoms with Crippen LogP contribution in [-0.2, 0) is 14.4 Å². The van der Waals surface area contributed by atoms with Gasteiger partial charge in [-0.2, -0.15) is 0 Å². The van der Waals surface area contributed by atoms with Gasteiger partial charge in [-0.25, -0.2) is 5.06 Å². The second-order valence-electron chi connectivity index (χ2n) is 4.18. The number of carboxylic acid groups (broad SMARTS) is 1. The van der Waals surface area contributed by atoms with E-state index in [1.807, 2.05) is 0 Å². The minimum atomic E-state index is -0.904. The summed E-state index contributed by atoms with van der Waals surface area (Å²) in [6, 6.07) is 0. The van der Waals surface area contributed by atoms with Crippen molar-refractivity contribution in [2.45, 2.75) is 38.2 Å². The molecule has 1 N–H and O–H groups in total. The van der Waals surface area contributed by atoms with Crippen LogP contribution in [-0.4, -0.2) is 34.7 Å². The van der Waals surface area contributed by atoms with Crippen LogP contribution in [0, 0.1) is 5.92 Å². The number of rotatable bonds is 4. The first-order valence-corrected chi connectivity index (χ1v) is 5.36. The maximum atomic E-state index is 11.4. The predicted octanol–water partition coefficient (Wildman–Crippen LogP) is 0.794. The van der Waals surface area contributed by atoms with Gasteiger partial charge in [0.1, 0.15) is 0 Å². The van der Waals surface area contributed by atoms with Crippen molar-refractivity contribution in [2.24, 2.45) is 5.92 Å². The van der Waals surface area contributed by atoms with E-state index in [-0.39, 0.29) is 25.0 Å². The van der Waals surface area contributed by atoms with Gasteiger partial charge in [0.05, 0.1) is 25.5 Å². The first kappa shape index (κ1) is 10.4. The summed E-state index contributed by atoms with van der Waals surface area (Å²) in [6.07, 6.45) is 3.84. The van der Waals surface area contributed by atoms with Gasteiger partial charge in [0.15, 0.2) is 0 Å². The maximum Gasteiger partial charge on any atom is 0.305 e. The molecule has 0 aromatic heterocycles. The van der Waals surface area contributed by atoms with Crippen LogP contribution in [0.15, 0.2) is 0 Å². The number of hydrogen-bond acceptors (Lipinski definition) is 3. The Hall–Kier alpha value is -1.10. The van der Waals surface area contributed by atoms with E-state index in [1.165, 1.54) is 11.5 Å². The molecule has 1 saturated carbocycles. The molecule has 1 aliphatic heterocycles. The van der Waals surface area contributed by atoms with Gasteiger partial charge in [-0.15, -0.1) is 0 Å². The standard InChI is InChI=1S/C10H15NO4/c12-9-6-8(7-2-1-3-7)15-11(9)5-4-10(13)14/h7-8H,1-6H2,(H,13,14). The monoisotopic (exact) mass is 213 g/mol. The van der Waals surface area contributed by atoms with Crippen molar-refractivity contribution in [1.29, 1.82) is 0 Å². The predicted molar refractivity (Wildman–Crippen MR) is 50.8 cm³/mol. The summed E-state index contributed by atoms with van der Waals surface area (Å²) in [4.78, 5) is 27.3. The minimum Gasteiger partial charge on any atom is -0.481 e. The summed E-state index contributed by atoms with van der Waals surface area (Å²) in [7, 11) is 0. The van der Waals surface area contributed by atoms with Crippen molar-refractivity contribution in [3.63, 3.8) is 0 Å². The molecule has 2 aliphatic rings. The Labute approximate surface area is 88.0 Å². The molecule has 1 unspecified atom stereocenters. The fourth-order valence-electron chi connectivity index (χ4n) is 1.97. The molecule has 84 valence electrons. The number of nitrogens with zero attached hydrogens (tertiary/aromatic N) is 1. The average Bonchev–Trinajstić information content (AvgIpc) is 2.40. The summed E-state index contributed by atoms with van der Waals surface area (Å²) < 4.78 is 0. The fraction of sp³-hybridized carbons (Fsp3) is 0.800. The Morgan fingerprint density at radius 2 is 2.27 bits per heavy atom. The lowest BCUT2D eigenvalue weighted by Gasteiger charge is -2.29. The van der Waals surface area contributed by atoms with Crippen LogP contribution in [0.1, 0.15) is 32.1 Å². The van der Waals surface area contributed by atoms with Crippen molar-refractivity contribution in [3.8, 4) is 0 Å². The first-order valence-electron chi connectivity index (χ1n) is 5.36. The molecular formula is C10H15NO4. The fourth-order valence-corrected chi connectivity index (χ4v) is 1.97. The van der Waals surface area contributed by atoms with E-state index >= 15 is 0 Å². The Morgan fingerprint density at radius 1 is 1.53 bits per heavy atom. The molecule has 15 heavy (non-hydrogen) atoms. The number of carboxylic acids is 1. The number of aliphatic carboxylic acids is 1. The maximum absolute atomic E-state index is 11.4. The van der Waals surface area contributed by atoms with Gasteiger partial charge in [-0.05, 0) is 18.8 Å². The number of hydrogen-bond donors (Lipinski definition) is 1. The third-order valence-corrected chi connectivity index (χ3v) is 3.12. The van der Waals surface area contributed by atoms with E-state index in [2.05, 4.69) is 0 Å². The Balaban J connectivity index is 1.81. The van der Waals surface area contributed by atoms with Gasteiger partial charge in [-0.1, -0.05) is 6.42 Å². The van der Waals surface area contributed by atoms with Crippen LogP contribution in [0.5, 0.6) is 0 Å². The molecule has 2 fully saturated rings. The molecule has 0 aromatic carbocycles. The molecule has 1 atom stereocenters. The molecule has 1 saturated heterocycles. The second kappa shape index (κ2) is 4.18. The van der Waals surface area contributed by atoms with Crippen molar-refractivity contribution in [2.75, 3.05) is 6.54 Å². The molecule has 0 radical (unpaired) electrons. The molecular weight excluding hydrogens is 198 g/mol. The van der Waals surface area contributed by atoms with E-state index in [4.69, 9.17) is 9.94 Å². The molecule has 2 rings (SSSR count). The average molecular weight is 213 g/mol. The molecule has 1 amide bonds. The van der Waals surface area contributed by atoms with E-state index in [1.54, 1.807) is 0 Å². The lowest BCUT2D eigenvalue weighted by atomic mass is 9.80. The number of carbonyl (C=O) groups is 2. The number of amides is 1. The topological polar surface area (TPSA) is 66.8 Å². The van der Waals surface area contributed by atoms with Crippen LogP contribution in [0.25, 0.3) is 0 Å². The third kappa shape index (κ3) is 2.28. The van der Waals surface area contributed by atoms with Crippen molar-refractivity contribution < 1.29 is 19.5 Å². The molecule has 0 aromatic rings. The van der Waals surface area contributed by atoms with Crippen LogP contribution in [0.3, 0.4) is 0 Å². The van der Waals surface area contributed by atoms with E-state index in [0.29, 0.717) is 12.3 Å². The van der Waals surface area contributed by atoms with Crippen molar-refractivity contribution in [3.05, 3.63) is 0 Å². The van der Waals surface area contributed by atoms with Gasteiger partial charge < -0.3 is 5.11 Å². The van der Waals surface area contributed by atoms with Crippen molar-refractivity contribution >= 4 is 11.9 Å². The zero-order valence-corrected chi connectivity index (χ0v) is 8.52. The molecule has 1 heterocycles. The van der Waals surface area contributed by atoms with Crippen LogP contribution in [0.4, 0.5) is 0 Å². The quantitative estimate of drug-likeness (QED) is 0.749. The second-order valence-corrected chi connectivity index (χ2v) is 4.18. The third-order valence-electron chi connectivity index (χ3n) is 3.12. The normalized spacial score (nSPS) is 26.8. The molecule has 1 aliphatic carbocycles. The summed E-state index contributed by atoms with van der Waals surface area (Å²) in [5.74, 6) is -0.476. The van der Waals surface area contributed by atoms with Gasteiger partial charge in [0.2, 0.25) is 5.91 Å². The van der Waals surface area contributed by atoms with Gasteiger partial charge in [-0.3, -0.25) is 14.4 Å². The molecule has 5 nitrogen and oxygen atoms in total. The zero-order chi connectivity index (χ0) is 10.8. The summed E-state index contributed by atoms with van der Waals surface area (Å²) in [5.41, 5.74) is 0. The Morgan fingerprint density at radius 3 is 2.80 bits per heavy atom. The lowest BCUT2D eigenvalue weighted by molar-refractivity contribution is -0.184. The molecule has 0 spiro atoms. The summed E-state index contributed by atoms with van der Waals surface area (Å²) in [5, 5.41) is 9.72. The Kier molecular flexibility index (Phi) is 2.90. The Bertz CT molecular complexity index is 275. The minimum absolute atomic E-state index is 0.0000416. The number of carbonyl (C=O) groups excluding carboxylic acids is 1. The molecule has 5 heteroatoms. The van der Waals surface area contributed by atoms with Gasteiger partial charge in [0.25, 0.3) is 0 Å². The largest absolute Gasteiger partial charge is 0.481 e. The highest BCUT2D eigenvalue weighted by Crippen LogP contribution is 2.35. The summed E-state index contributed by atoms with van der Waals surface area (Å²) in [6.45, 7) is 0.164. The summed E-state index contributed by atoms with van der Waals surface area (Å²) >= 11 is 0. The first-order chi connectivity index (χ1) is 7.16. The van der Waals surface area contributed by atoms with Crippen LogP contribution in [0.2, 0.25) is 0 Å².